The van der Waals surface area contributed by atoms with Crippen LogP contribution in [-0.4, -0.2) is 46.1 Å². The minimum Gasteiger partial charge on any atom is -0.352 e. The van der Waals surface area contributed by atoms with E-state index in [1.165, 1.54) is 5.56 Å². The fraction of sp³-hybridized carbons (Fsp3) is 0.263. The number of anilines is 2. The summed E-state index contributed by atoms with van der Waals surface area (Å²) < 4.78 is 0. The second-order valence-electron chi connectivity index (χ2n) is 6.17. The summed E-state index contributed by atoms with van der Waals surface area (Å²) in [6.45, 7) is 5.67. The third-order valence-corrected chi connectivity index (χ3v) is 4.41. The number of piperazine rings is 1. The molecule has 126 valence electrons. The van der Waals surface area contributed by atoms with E-state index in [2.05, 4.69) is 55.9 Å². The second kappa shape index (κ2) is 6.84. The predicted molar refractivity (Wildman–Crippen MR) is 98.7 cm³/mol. The molecule has 2 aromatic heterocycles. The topological polar surface area (TPSA) is 58.0 Å². The average molecular weight is 332 g/mol. The molecule has 1 aliphatic rings. The summed E-state index contributed by atoms with van der Waals surface area (Å²) in [4.78, 5) is 22.3. The Hall–Kier alpha value is -3.02. The lowest BCUT2D eigenvalue weighted by atomic mass is 10.1. The minimum absolute atomic E-state index is 0.891. The van der Waals surface area contributed by atoms with Gasteiger partial charge in [0.05, 0.1) is 24.3 Å². The fourth-order valence-electron chi connectivity index (χ4n) is 3.07. The van der Waals surface area contributed by atoms with Crippen molar-refractivity contribution < 1.29 is 0 Å². The van der Waals surface area contributed by atoms with Gasteiger partial charge in [0.2, 0.25) is 0 Å². The molecule has 0 unspecified atom stereocenters. The Morgan fingerprint density at radius 2 is 1.60 bits per heavy atom. The van der Waals surface area contributed by atoms with Gasteiger partial charge in [-0.15, -0.1) is 0 Å². The molecular formula is C19H20N6. The quantitative estimate of drug-likeness (QED) is 0.735. The lowest BCUT2D eigenvalue weighted by Gasteiger charge is -2.35. The first-order valence-corrected chi connectivity index (χ1v) is 8.44. The van der Waals surface area contributed by atoms with Gasteiger partial charge in [0.25, 0.3) is 0 Å². The Kier molecular flexibility index (Phi) is 4.24. The van der Waals surface area contributed by atoms with Gasteiger partial charge in [-0.3, -0.25) is 9.97 Å². The Morgan fingerprint density at radius 3 is 2.32 bits per heavy atom. The highest BCUT2D eigenvalue weighted by Crippen LogP contribution is 2.21. The Bertz CT molecular complexity index is 843. The van der Waals surface area contributed by atoms with Crippen LogP contribution in [0.15, 0.2) is 55.2 Å². The van der Waals surface area contributed by atoms with Crippen LogP contribution < -0.4 is 9.80 Å². The van der Waals surface area contributed by atoms with Crippen molar-refractivity contribution in [2.24, 2.45) is 0 Å². The molecule has 0 saturated carbocycles. The van der Waals surface area contributed by atoms with Gasteiger partial charge in [-0.1, -0.05) is 23.8 Å². The van der Waals surface area contributed by atoms with Crippen LogP contribution in [0.3, 0.4) is 0 Å². The molecule has 6 nitrogen and oxygen atoms in total. The maximum atomic E-state index is 4.82. The molecule has 25 heavy (non-hydrogen) atoms. The van der Waals surface area contributed by atoms with E-state index in [4.69, 9.17) is 4.98 Å². The van der Waals surface area contributed by atoms with Crippen LogP contribution in [0.4, 0.5) is 11.6 Å². The summed E-state index contributed by atoms with van der Waals surface area (Å²) in [7, 11) is 0. The molecule has 1 fully saturated rings. The number of nitrogens with zero attached hydrogens (tertiary/aromatic N) is 6. The molecule has 0 spiro atoms. The van der Waals surface area contributed by atoms with Crippen molar-refractivity contribution in [3.63, 3.8) is 0 Å². The lowest BCUT2D eigenvalue weighted by Crippen LogP contribution is -2.47. The van der Waals surface area contributed by atoms with Crippen molar-refractivity contribution in [1.29, 1.82) is 0 Å². The minimum atomic E-state index is 0.891. The Labute approximate surface area is 147 Å². The zero-order valence-corrected chi connectivity index (χ0v) is 14.2. The van der Waals surface area contributed by atoms with Crippen LogP contribution in [-0.2, 0) is 0 Å². The van der Waals surface area contributed by atoms with Crippen molar-refractivity contribution in [2.75, 3.05) is 36.0 Å². The van der Waals surface area contributed by atoms with Gasteiger partial charge in [-0.25, -0.2) is 9.97 Å². The first kappa shape index (κ1) is 15.5. The van der Waals surface area contributed by atoms with Gasteiger partial charge in [0.15, 0.2) is 0 Å². The van der Waals surface area contributed by atoms with E-state index in [9.17, 15) is 0 Å². The van der Waals surface area contributed by atoms with E-state index in [0.717, 1.165) is 49.1 Å². The number of hydrogen-bond donors (Lipinski definition) is 0. The molecule has 0 aliphatic carbocycles. The number of benzene rings is 1. The molecule has 3 aromatic rings. The molecule has 4 rings (SSSR count). The molecule has 0 amide bonds. The molecule has 6 heteroatoms. The second-order valence-corrected chi connectivity index (χ2v) is 6.17. The van der Waals surface area contributed by atoms with Crippen molar-refractivity contribution in [3.8, 4) is 11.3 Å². The molecule has 3 heterocycles. The van der Waals surface area contributed by atoms with Crippen molar-refractivity contribution in [1.82, 2.24) is 19.9 Å². The van der Waals surface area contributed by atoms with Crippen LogP contribution in [0, 0.1) is 6.92 Å². The molecule has 0 bridgehead atoms. The van der Waals surface area contributed by atoms with Crippen LogP contribution in [0.5, 0.6) is 0 Å². The van der Waals surface area contributed by atoms with Crippen LogP contribution >= 0.6 is 0 Å². The van der Waals surface area contributed by atoms with Gasteiger partial charge in [-0.05, 0) is 13.0 Å². The molecule has 0 N–H and O–H groups in total. The first-order valence-electron chi connectivity index (χ1n) is 8.44. The Morgan fingerprint density at radius 1 is 0.840 bits per heavy atom. The molecular weight excluding hydrogens is 312 g/mol. The monoisotopic (exact) mass is 332 g/mol. The molecule has 0 radical (unpaired) electrons. The maximum absolute atomic E-state index is 4.82. The third kappa shape index (κ3) is 3.42. The van der Waals surface area contributed by atoms with Gasteiger partial charge in [0.1, 0.15) is 11.6 Å². The lowest BCUT2D eigenvalue weighted by molar-refractivity contribution is 0.640. The zero-order chi connectivity index (χ0) is 17.1. The predicted octanol–water partition coefficient (Wildman–Crippen LogP) is 2.57. The normalized spacial score (nSPS) is 14.6. The maximum Gasteiger partial charge on any atom is 0.147 e. The summed E-state index contributed by atoms with van der Waals surface area (Å²) in [6.07, 6.45) is 8.92. The number of aryl methyl sites for hydroxylation is 1. The molecule has 1 aromatic carbocycles. The summed E-state index contributed by atoms with van der Waals surface area (Å²) in [5.41, 5.74) is 3.24. The van der Waals surface area contributed by atoms with E-state index in [0.29, 0.717) is 0 Å². The van der Waals surface area contributed by atoms with E-state index in [1.54, 1.807) is 12.4 Å². The largest absolute Gasteiger partial charge is 0.352 e. The number of hydrogen-bond acceptors (Lipinski definition) is 6. The van der Waals surface area contributed by atoms with Crippen LogP contribution in [0.2, 0.25) is 0 Å². The third-order valence-electron chi connectivity index (χ3n) is 4.41. The van der Waals surface area contributed by atoms with E-state index in [-0.39, 0.29) is 0 Å². The summed E-state index contributed by atoms with van der Waals surface area (Å²) in [5.74, 6) is 1.86. The Balaban J connectivity index is 1.49. The van der Waals surface area contributed by atoms with Gasteiger partial charge in [0, 0.05) is 44.1 Å². The zero-order valence-electron chi connectivity index (χ0n) is 14.2. The highest BCUT2D eigenvalue weighted by molar-refractivity contribution is 5.61. The highest BCUT2D eigenvalue weighted by atomic mass is 15.3. The first-order chi connectivity index (χ1) is 12.3. The summed E-state index contributed by atoms with van der Waals surface area (Å²) in [5, 5.41) is 0. The fourth-order valence-corrected chi connectivity index (χ4v) is 3.07. The van der Waals surface area contributed by atoms with Crippen LogP contribution in [0.25, 0.3) is 11.3 Å². The molecule has 1 aliphatic heterocycles. The van der Waals surface area contributed by atoms with Gasteiger partial charge in [-0.2, -0.15) is 0 Å². The number of rotatable bonds is 3. The smallest absolute Gasteiger partial charge is 0.147 e. The highest BCUT2D eigenvalue weighted by Gasteiger charge is 2.19. The van der Waals surface area contributed by atoms with E-state index in [1.807, 2.05) is 18.6 Å². The van der Waals surface area contributed by atoms with E-state index < -0.39 is 0 Å². The van der Waals surface area contributed by atoms with Crippen molar-refractivity contribution in [3.05, 3.63) is 60.8 Å². The number of aromatic nitrogens is 4. The molecule has 0 atom stereocenters. The SMILES string of the molecule is Cc1cccc(-c2cncc(N3CCN(c4cnccn4)CC3)n2)c1. The van der Waals surface area contributed by atoms with Crippen LogP contribution in [0.1, 0.15) is 5.56 Å². The van der Waals surface area contributed by atoms with Crippen molar-refractivity contribution in [2.45, 2.75) is 6.92 Å². The standard InChI is InChI=1S/C19H20N6/c1-15-3-2-4-16(11-15)17-12-21-14-19(23-17)25-9-7-24(8-10-25)18-13-20-5-6-22-18/h2-6,11-14H,7-10H2,1H3. The van der Waals surface area contributed by atoms with E-state index >= 15 is 0 Å². The van der Waals surface area contributed by atoms with Crippen molar-refractivity contribution >= 4 is 11.6 Å². The molecule has 1 saturated heterocycles. The van der Waals surface area contributed by atoms with Gasteiger partial charge >= 0.3 is 0 Å². The van der Waals surface area contributed by atoms with Gasteiger partial charge < -0.3 is 9.80 Å². The average Bonchev–Trinajstić information content (AvgIpc) is 2.69. The summed E-state index contributed by atoms with van der Waals surface area (Å²) in [6, 6.07) is 8.36. The summed E-state index contributed by atoms with van der Waals surface area (Å²) >= 11 is 0.